The number of amides is 1. The summed E-state index contributed by atoms with van der Waals surface area (Å²) in [6, 6.07) is 0. The van der Waals surface area contributed by atoms with Gasteiger partial charge in [0, 0.05) is 19.6 Å². The van der Waals surface area contributed by atoms with E-state index in [1.54, 1.807) is 0 Å². The highest BCUT2D eigenvalue weighted by Gasteiger charge is 2.18. The molecule has 1 unspecified atom stereocenters. The van der Waals surface area contributed by atoms with Crippen molar-refractivity contribution in [2.75, 3.05) is 19.6 Å². The third-order valence-corrected chi connectivity index (χ3v) is 2.39. The molecule has 76 valence electrons. The van der Waals surface area contributed by atoms with Crippen LogP contribution in [0.15, 0.2) is 0 Å². The van der Waals surface area contributed by atoms with Gasteiger partial charge in [0.25, 0.3) is 0 Å². The standard InChI is InChI=1S/C9H18N2O2/c10-7-8(12)6-9(13)11-4-2-1-3-5-11/h8,12H,1-7,10H2. The Morgan fingerprint density at radius 1 is 1.38 bits per heavy atom. The molecule has 1 amide bonds. The van der Waals surface area contributed by atoms with Gasteiger partial charge < -0.3 is 15.7 Å². The molecule has 0 aromatic rings. The normalized spacial score (nSPS) is 20.0. The lowest BCUT2D eigenvalue weighted by Crippen LogP contribution is -2.38. The fourth-order valence-corrected chi connectivity index (χ4v) is 1.56. The average Bonchev–Trinajstić information content (AvgIpc) is 2.19. The zero-order chi connectivity index (χ0) is 9.68. The number of hydrogen-bond acceptors (Lipinski definition) is 3. The Morgan fingerprint density at radius 3 is 2.54 bits per heavy atom. The van der Waals surface area contributed by atoms with Gasteiger partial charge in [-0.15, -0.1) is 0 Å². The van der Waals surface area contributed by atoms with E-state index in [-0.39, 0.29) is 18.9 Å². The van der Waals surface area contributed by atoms with Gasteiger partial charge in [-0.05, 0) is 19.3 Å². The molecule has 1 atom stereocenters. The van der Waals surface area contributed by atoms with Crippen molar-refractivity contribution >= 4 is 5.91 Å². The number of hydrogen-bond donors (Lipinski definition) is 2. The summed E-state index contributed by atoms with van der Waals surface area (Å²) >= 11 is 0. The van der Waals surface area contributed by atoms with Gasteiger partial charge in [0.15, 0.2) is 0 Å². The molecule has 0 aromatic carbocycles. The Balaban J connectivity index is 2.29. The number of rotatable bonds is 3. The molecule has 0 aromatic heterocycles. The maximum absolute atomic E-state index is 11.5. The number of aliphatic hydroxyl groups is 1. The first-order chi connectivity index (χ1) is 6.24. The summed E-state index contributed by atoms with van der Waals surface area (Å²) in [4.78, 5) is 13.3. The van der Waals surface area contributed by atoms with E-state index >= 15 is 0 Å². The monoisotopic (exact) mass is 186 g/mol. The summed E-state index contributed by atoms with van der Waals surface area (Å²) in [5, 5.41) is 9.19. The Hall–Kier alpha value is -0.610. The molecule has 0 bridgehead atoms. The minimum Gasteiger partial charge on any atom is -0.391 e. The van der Waals surface area contributed by atoms with Gasteiger partial charge in [0.1, 0.15) is 0 Å². The van der Waals surface area contributed by atoms with Crippen molar-refractivity contribution < 1.29 is 9.90 Å². The van der Waals surface area contributed by atoms with Crippen LogP contribution in [-0.2, 0) is 4.79 Å². The first-order valence-electron chi connectivity index (χ1n) is 4.90. The average molecular weight is 186 g/mol. The smallest absolute Gasteiger partial charge is 0.225 e. The molecule has 3 N–H and O–H groups in total. The highest BCUT2D eigenvalue weighted by atomic mass is 16.3. The second-order valence-electron chi connectivity index (χ2n) is 3.54. The van der Waals surface area contributed by atoms with Crippen molar-refractivity contribution in [1.82, 2.24) is 4.90 Å². The molecular weight excluding hydrogens is 168 g/mol. The zero-order valence-electron chi connectivity index (χ0n) is 7.91. The van der Waals surface area contributed by atoms with Gasteiger partial charge in [0.2, 0.25) is 5.91 Å². The maximum atomic E-state index is 11.5. The lowest BCUT2D eigenvalue weighted by Gasteiger charge is -2.27. The summed E-state index contributed by atoms with van der Waals surface area (Å²) in [6.07, 6.45) is 2.89. The van der Waals surface area contributed by atoms with E-state index in [0.29, 0.717) is 0 Å². The summed E-state index contributed by atoms with van der Waals surface area (Å²) in [5.74, 6) is 0.0395. The SMILES string of the molecule is NCC(O)CC(=O)N1CCCCC1. The first-order valence-corrected chi connectivity index (χ1v) is 4.90. The lowest BCUT2D eigenvalue weighted by atomic mass is 10.1. The van der Waals surface area contributed by atoms with E-state index in [1.165, 1.54) is 6.42 Å². The topological polar surface area (TPSA) is 66.6 Å². The number of nitrogens with two attached hydrogens (primary N) is 1. The van der Waals surface area contributed by atoms with Crippen molar-refractivity contribution in [2.24, 2.45) is 5.73 Å². The van der Waals surface area contributed by atoms with E-state index in [9.17, 15) is 9.90 Å². The molecule has 1 aliphatic rings. The molecule has 13 heavy (non-hydrogen) atoms. The molecule has 0 aliphatic carbocycles. The fourth-order valence-electron chi connectivity index (χ4n) is 1.56. The summed E-state index contributed by atoms with van der Waals surface area (Å²) in [6.45, 7) is 1.85. The van der Waals surface area contributed by atoms with Crippen LogP contribution >= 0.6 is 0 Å². The summed E-state index contributed by atoms with van der Waals surface area (Å²) in [5.41, 5.74) is 5.23. The number of nitrogens with zero attached hydrogens (tertiary/aromatic N) is 1. The number of piperidine rings is 1. The number of carbonyl (C=O) groups is 1. The van der Waals surface area contributed by atoms with Crippen LogP contribution < -0.4 is 5.73 Å². The van der Waals surface area contributed by atoms with E-state index in [2.05, 4.69) is 0 Å². The molecule has 0 spiro atoms. The predicted molar refractivity (Wildman–Crippen MR) is 50.1 cm³/mol. The quantitative estimate of drug-likeness (QED) is 0.636. The van der Waals surface area contributed by atoms with Crippen molar-refractivity contribution in [1.29, 1.82) is 0 Å². The molecule has 1 aliphatic heterocycles. The maximum Gasteiger partial charge on any atom is 0.225 e. The lowest BCUT2D eigenvalue weighted by molar-refractivity contribution is -0.134. The number of carbonyl (C=O) groups excluding carboxylic acids is 1. The Bertz CT molecular complexity index is 167. The largest absolute Gasteiger partial charge is 0.391 e. The molecule has 4 nitrogen and oxygen atoms in total. The summed E-state index contributed by atoms with van der Waals surface area (Å²) < 4.78 is 0. The molecule has 1 saturated heterocycles. The van der Waals surface area contributed by atoms with Crippen LogP contribution in [0.3, 0.4) is 0 Å². The van der Waals surface area contributed by atoms with Crippen molar-refractivity contribution in [2.45, 2.75) is 31.8 Å². The van der Waals surface area contributed by atoms with Gasteiger partial charge in [-0.1, -0.05) is 0 Å². The molecule has 1 rings (SSSR count). The molecule has 0 radical (unpaired) electrons. The predicted octanol–water partition coefficient (Wildman–Crippen LogP) is -0.291. The Kier molecular flexibility index (Phi) is 4.18. The van der Waals surface area contributed by atoms with Gasteiger partial charge in [0.05, 0.1) is 12.5 Å². The van der Waals surface area contributed by atoms with Crippen molar-refractivity contribution in [3.63, 3.8) is 0 Å². The van der Waals surface area contributed by atoms with Gasteiger partial charge in [-0.3, -0.25) is 4.79 Å². The third-order valence-electron chi connectivity index (χ3n) is 2.39. The molecule has 4 heteroatoms. The van der Waals surface area contributed by atoms with E-state index in [4.69, 9.17) is 5.73 Å². The van der Waals surface area contributed by atoms with E-state index in [1.807, 2.05) is 4.90 Å². The minimum atomic E-state index is -0.672. The zero-order valence-corrected chi connectivity index (χ0v) is 7.91. The first kappa shape index (κ1) is 10.5. The molecule has 1 heterocycles. The second-order valence-corrected chi connectivity index (χ2v) is 3.54. The minimum absolute atomic E-state index is 0.0395. The third kappa shape index (κ3) is 3.32. The Labute approximate surface area is 78.7 Å². The molecule has 1 fully saturated rings. The van der Waals surface area contributed by atoms with Crippen LogP contribution in [0.4, 0.5) is 0 Å². The van der Waals surface area contributed by atoms with Crippen LogP contribution in [0, 0.1) is 0 Å². The van der Waals surface area contributed by atoms with Crippen LogP contribution in [0.25, 0.3) is 0 Å². The fraction of sp³-hybridized carbons (Fsp3) is 0.889. The molecule has 0 saturated carbocycles. The van der Waals surface area contributed by atoms with Gasteiger partial charge in [-0.25, -0.2) is 0 Å². The highest BCUT2D eigenvalue weighted by molar-refractivity contribution is 5.76. The summed E-state index contributed by atoms with van der Waals surface area (Å²) in [7, 11) is 0. The van der Waals surface area contributed by atoms with Crippen molar-refractivity contribution in [3.05, 3.63) is 0 Å². The van der Waals surface area contributed by atoms with E-state index in [0.717, 1.165) is 25.9 Å². The van der Waals surface area contributed by atoms with Crippen LogP contribution in [0.2, 0.25) is 0 Å². The second kappa shape index (κ2) is 5.19. The molecular formula is C9H18N2O2. The number of aliphatic hydroxyl groups excluding tert-OH is 1. The van der Waals surface area contributed by atoms with E-state index < -0.39 is 6.10 Å². The van der Waals surface area contributed by atoms with Gasteiger partial charge in [-0.2, -0.15) is 0 Å². The number of likely N-dealkylation sites (tertiary alicyclic amines) is 1. The van der Waals surface area contributed by atoms with Crippen LogP contribution in [-0.4, -0.2) is 41.7 Å². The van der Waals surface area contributed by atoms with Gasteiger partial charge >= 0.3 is 0 Å². The Morgan fingerprint density at radius 2 is 2.00 bits per heavy atom. The van der Waals surface area contributed by atoms with Crippen LogP contribution in [0.1, 0.15) is 25.7 Å². The van der Waals surface area contributed by atoms with Crippen molar-refractivity contribution in [3.8, 4) is 0 Å². The van der Waals surface area contributed by atoms with Crippen LogP contribution in [0.5, 0.6) is 0 Å². The highest BCUT2D eigenvalue weighted by Crippen LogP contribution is 2.10.